The maximum atomic E-state index is 15.2. The van der Waals surface area contributed by atoms with E-state index in [-0.39, 0.29) is 23.2 Å². The summed E-state index contributed by atoms with van der Waals surface area (Å²) in [5.74, 6) is 0.0440. The van der Waals surface area contributed by atoms with Crippen molar-refractivity contribution in [1.29, 1.82) is 0 Å². The number of rotatable bonds is 6. The van der Waals surface area contributed by atoms with Gasteiger partial charge in [0.05, 0.1) is 18.6 Å². The summed E-state index contributed by atoms with van der Waals surface area (Å²) in [7, 11) is 0. The lowest BCUT2D eigenvalue weighted by molar-refractivity contribution is 0.0692. The molecule has 5 nitrogen and oxygen atoms in total. The smallest absolute Gasteiger partial charge is 0.255 e. The quantitative estimate of drug-likeness (QED) is 0.481. The molecule has 0 bridgehead atoms. The van der Waals surface area contributed by atoms with Crippen LogP contribution in [0.25, 0.3) is 11.1 Å². The number of nitrogens with one attached hydrogen (secondary N) is 1. The summed E-state index contributed by atoms with van der Waals surface area (Å²) in [6.07, 6.45) is 3.28. The molecule has 1 N–H and O–H groups in total. The number of anilines is 1. The Kier molecular flexibility index (Phi) is 6.39. The predicted molar refractivity (Wildman–Crippen MR) is 130 cm³/mol. The Morgan fingerprint density at radius 2 is 1.79 bits per heavy atom. The van der Waals surface area contributed by atoms with E-state index in [2.05, 4.69) is 36.1 Å². The number of benzene rings is 1. The Labute approximate surface area is 199 Å². The molecule has 3 heterocycles. The lowest BCUT2D eigenvalue weighted by Crippen LogP contribution is -2.34. The first-order valence-corrected chi connectivity index (χ1v) is 11.5. The van der Waals surface area contributed by atoms with Crippen LogP contribution in [-0.2, 0) is 12.0 Å². The van der Waals surface area contributed by atoms with Crippen LogP contribution >= 0.6 is 0 Å². The third-order valence-corrected chi connectivity index (χ3v) is 6.32. The molecular weight excluding hydrogens is 434 g/mol. The summed E-state index contributed by atoms with van der Waals surface area (Å²) in [6, 6.07) is 9.84. The maximum absolute atomic E-state index is 15.2. The highest BCUT2D eigenvalue weighted by molar-refractivity contribution is 5.99. The molecule has 0 aliphatic carbocycles. The monoisotopic (exact) mass is 464 g/mol. The summed E-state index contributed by atoms with van der Waals surface area (Å²) in [6.45, 7) is 9.52. The molecule has 3 aromatic rings. The molecule has 0 fully saturated rings. The molecule has 0 saturated heterocycles. The van der Waals surface area contributed by atoms with Gasteiger partial charge >= 0.3 is 0 Å². The van der Waals surface area contributed by atoms with Gasteiger partial charge < -0.3 is 10.2 Å². The van der Waals surface area contributed by atoms with Crippen LogP contribution in [0.5, 0.6) is 0 Å². The Bertz CT molecular complexity index is 1220. The number of fused-ring (bicyclic) bond motifs is 1. The first-order chi connectivity index (χ1) is 16.1. The molecule has 178 valence electrons. The van der Waals surface area contributed by atoms with E-state index in [4.69, 9.17) is 0 Å². The number of aromatic nitrogens is 2. The van der Waals surface area contributed by atoms with Crippen molar-refractivity contribution in [2.24, 2.45) is 0 Å². The topological polar surface area (TPSA) is 58.1 Å². The van der Waals surface area contributed by atoms with Crippen LogP contribution in [0.2, 0.25) is 0 Å². The summed E-state index contributed by atoms with van der Waals surface area (Å²) >= 11 is 0. The number of hydrogen-bond donors (Lipinski definition) is 1. The van der Waals surface area contributed by atoms with Crippen molar-refractivity contribution in [3.8, 4) is 11.1 Å². The Balaban J connectivity index is 1.57. The molecule has 1 aromatic carbocycles. The molecule has 0 saturated carbocycles. The summed E-state index contributed by atoms with van der Waals surface area (Å²) in [4.78, 5) is 23.0. The summed E-state index contributed by atoms with van der Waals surface area (Å²) < 4.78 is 28.3. The van der Waals surface area contributed by atoms with Crippen LogP contribution < -0.4 is 5.32 Å². The average Bonchev–Trinajstić information content (AvgIpc) is 3.15. The first-order valence-electron chi connectivity index (χ1n) is 11.5. The SMILES string of the molecule is CC(Nc1nccc2c1CN(C(C)CF)C2=O)c1ccc(-c2ccnc(C(C)(C)C)c2)c(F)c1. The highest BCUT2D eigenvalue weighted by Crippen LogP contribution is 2.33. The van der Waals surface area contributed by atoms with Gasteiger partial charge in [-0.3, -0.25) is 9.78 Å². The largest absolute Gasteiger partial charge is 0.363 e. The van der Waals surface area contributed by atoms with Crippen molar-refractivity contribution in [3.63, 3.8) is 0 Å². The van der Waals surface area contributed by atoms with Crippen LogP contribution in [0.4, 0.5) is 14.6 Å². The number of carbonyl (C=O) groups excluding carboxylic acids is 1. The van der Waals surface area contributed by atoms with E-state index in [9.17, 15) is 9.18 Å². The van der Waals surface area contributed by atoms with E-state index >= 15 is 4.39 Å². The van der Waals surface area contributed by atoms with Crippen molar-refractivity contribution in [1.82, 2.24) is 14.9 Å². The van der Waals surface area contributed by atoms with Crippen LogP contribution in [0.3, 0.4) is 0 Å². The minimum Gasteiger partial charge on any atom is -0.363 e. The second kappa shape index (κ2) is 9.12. The lowest BCUT2D eigenvalue weighted by atomic mass is 9.89. The molecule has 1 amide bonds. The van der Waals surface area contributed by atoms with Gasteiger partial charge in [0.25, 0.3) is 5.91 Å². The third-order valence-electron chi connectivity index (χ3n) is 6.32. The van der Waals surface area contributed by atoms with E-state index in [1.54, 1.807) is 31.5 Å². The number of carbonyl (C=O) groups is 1. The Hall–Kier alpha value is -3.35. The highest BCUT2D eigenvalue weighted by atomic mass is 19.1. The highest BCUT2D eigenvalue weighted by Gasteiger charge is 2.33. The van der Waals surface area contributed by atoms with Gasteiger partial charge in [-0.1, -0.05) is 32.9 Å². The van der Waals surface area contributed by atoms with Crippen LogP contribution in [-0.4, -0.2) is 33.5 Å². The van der Waals surface area contributed by atoms with Crippen molar-refractivity contribution < 1.29 is 13.6 Å². The molecule has 1 aliphatic heterocycles. The lowest BCUT2D eigenvalue weighted by Gasteiger charge is -2.21. The zero-order valence-corrected chi connectivity index (χ0v) is 20.2. The average molecular weight is 465 g/mol. The zero-order chi connectivity index (χ0) is 24.6. The van der Waals surface area contributed by atoms with Crippen molar-refractivity contribution >= 4 is 11.7 Å². The molecule has 2 aromatic heterocycles. The van der Waals surface area contributed by atoms with Gasteiger partial charge in [0.2, 0.25) is 0 Å². The van der Waals surface area contributed by atoms with Gasteiger partial charge in [-0.25, -0.2) is 13.8 Å². The van der Waals surface area contributed by atoms with E-state index in [0.29, 0.717) is 23.5 Å². The third kappa shape index (κ3) is 4.52. The second-order valence-corrected chi connectivity index (χ2v) is 9.91. The van der Waals surface area contributed by atoms with E-state index in [1.165, 1.54) is 11.0 Å². The van der Waals surface area contributed by atoms with E-state index < -0.39 is 12.7 Å². The minimum absolute atomic E-state index is 0.132. The molecular formula is C27H30F2N4O. The van der Waals surface area contributed by atoms with Gasteiger partial charge in [-0.2, -0.15) is 0 Å². The number of alkyl halides is 1. The van der Waals surface area contributed by atoms with Crippen molar-refractivity contribution in [3.05, 3.63) is 77.0 Å². The second-order valence-electron chi connectivity index (χ2n) is 9.91. The van der Waals surface area contributed by atoms with Crippen molar-refractivity contribution in [2.45, 2.75) is 58.7 Å². The van der Waals surface area contributed by atoms with Crippen LogP contribution in [0.15, 0.2) is 48.8 Å². The molecule has 7 heteroatoms. The van der Waals surface area contributed by atoms with Gasteiger partial charge in [-0.05, 0) is 49.2 Å². The molecule has 2 atom stereocenters. The first kappa shape index (κ1) is 23.8. The molecule has 2 unspecified atom stereocenters. The Morgan fingerprint density at radius 3 is 2.47 bits per heavy atom. The predicted octanol–water partition coefficient (Wildman–Crippen LogP) is 6.07. The van der Waals surface area contributed by atoms with E-state index in [0.717, 1.165) is 22.4 Å². The number of pyridine rings is 2. The molecule has 0 radical (unpaired) electrons. The van der Waals surface area contributed by atoms with Gasteiger partial charge in [-0.15, -0.1) is 0 Å². The Morgan fingerprint density at radius 1 is 1.06 bits per heavy atom. The maximum Gasteiger partial charge on any atom is 0.255 e. The fraction of sp³-hybridized carbons (Fsp3) is 0.370. The normalized spacial score (nSPS) is 15.3. The molecule has 34 heavy (non-hydrogen) atoms. The molecule has 1 aliphatic rings. The van der Waals surface area contributed by atoms with Gasteiger partial charge in [0.1, 0.15) is 18.3 Å². The fourth-order valence-corrected chi connectivity index (χ4v) is 4.14. The van der Waals surface area contributed by atoms with Crippen LogP contribution in [0, 0.1) is 5.82 Å². The van der Waals surface area contributed by atoms with Crippen molar-refractivity contribution in [2.75, 3.05) is 12.0 Å². The number of amides is 1. The van der Waals surface area contributed by atoms with Gasteiger partial charge in [0.15, 0.2) is 0 Å². The molecule has 0 spiro atoms. The zero-order valence-electron chi connectivity index (χ0n) is 20.2. The van der Waals surface area contributed by atoms with E-state index in [1.807, 2.05) is 25.1 Å². The minimum atomic E-state index is -0.604. The van der Waals surface area contributed by atoms with Gasteiger partial charge in [0, 0.05) is 40.2 Å². The fourth-order valence-electron chi connectivity index (χ4n) is 4.14. The summed E-state index contributed by atoms with van der Waals surface area (Å²) in [5, 5.41) is 3.31. The number of halogens is 2. The number of nitrogens with zero attached hydrogens (tertiary/aromatic N) is 3. The number of hydrogen-bond acceptors (Lipinski definition) is 4. The standard InChI is InChI=1S/C27H30F2N4O/c1-16(14-28)33-15-22-21(26(33)34)9-11-31-25(22)32-17(2)18-6-7-20(23(29)12-18)19-8-10-30-24(13-19)27(3,4)5/h6-13,16-17H,14-15H2,1-5H3,(H,31,32). The van der Waals surface area contributed by atoms with Crippen LogP contribution in [0.1, 0.15) is 67.8 Å². The summed E-state index contributed by atoms with van der Waals surface area (Å²) in [5.41, 5.74) is 4.09. The molecule has 4 rings (SSSR count).